The molecule has 0 aliphatic carbocycles. The summed E-state index contributed by atoms with van der Waals surface area (Å²) in [6, 6.07) is 9.04. The number of rotatable bonds is 4. The molecule has 0 amide bonds. The summed E-state index contributed by atoms with van der Waals surface area (Å²) in [6.07, 6.45) is 2.67. The number of Topliss-reactive ketones (excluding diaryl/α,β-unsaturated/α-hetero) is 1. The van der Waals surface area contributed by atoms with Crippen LogP contribution in [-0.2, 0) is 4.79 Å². The number of phenolic OH excluding ortho intramolecular Hbond substituents is 1. The Bertz CT molecular complexity index is 723. The number of aromatic nitrogens is 1. The van der Waals surface area contributed by atoms with E-state index in [1.807, 2.05) is 0 Å². The highest BCUT2D eigenvalue weighted by molar-refractivity contribution is 9.10. The van der Waals surface area contributed by atoms with Gasteiger partial charge in [-0.25, -0.2) is 4.79 Å². The molecule has 6 heteroatoms. The Morgan fingerprint density at radius 2 is 1.86 bits per heavy atom. The molecule has 0 saturated carbocycles. The molecule has 5 nitrogen and oxygen atoms in total. The van der Waals surface area contributed by atoms with E-state index >= 15 is 0 Å². The number of hydrogen-bond donors (Lipinski definition) is 2. The molecular weight excluding hydrogens is 338 g/mol. The monoisotopic (exact) mass is 347 g/mol. The molecule has 1 aromatic carbocycles. The second-order valence-electron chi connectivity index (χ2n) is 4.11. The molecule has 0 saturated heterocycles. The Hall–Kier alpha value is -2.47. The maximum Gasteiger partial charge on any atom is 0.339 e. The van der Waals surface area contributed by atoms with Gasteiger partial charge in [0, 0.05) is 10.7 Å². The lowest BCUT2D eigenvalue weighted by Crippen LogP contribution is -2.12. The summed E-state index contributed by atoms with van der Waals surface area (Å²) in [5.41, 5.74) is -0.200. The van der Waals surface area contributed by atoms with Crippen molar-refractivity contribution in [2.75, 3.05) is 0 Å². The van der Waals surface area contributed by atoms with Crippen molar-refractivity contribution in [3.8, 4) is 5.75 Å². The van der Waals surface area contributed by atoms with Crippen molar-refractivity contribution in [1.29, 1.82) is 0 Å². The van der Waals surface area contributed by atoms with Crippen molar-refractivity contribution in [2.45, 2.75) is 0 Å². The molecule has 106 valence electrons. The Labute approximate surface area is 128 Å². The van der Waals surface area contributed by atoms with Crippen LogP contribution in [0.1, 0.15) is 16.1 Å². The first-order valence-corrected chi connectivity index (χ1v) is 6.67. The first-order chi connectivity index (χ1) is 9.99. The highest BCUT2D eigenvalue weighted by Crippen LogP contribution is 2.21. The molecule has 1 heterocycles. The van der Waals surface area contributed by atoms with E-state index in [0.717, 1.165) is 4.47 Å². The Morgan fingerprint density at radius 3 is 2.43 bits per heavy atom. The summed E-state index contributed by atoms with van der Waals surface area (Å²) in [4.78, 5) is 27.5. The fourth-order valence-electron chi connectivity index (χ4n) is 1.66. The number of carbonyl (C=O) groups excluding carboxylic acids is 1. The quantitative estimate of drug-likeness (QED) is 0.384. The Kier molecular flexibility index (Phi) is 4.49. The number of benzene rings is 1. The lowest BCUT2D eigenvalue weighted by Gasteiger charge is -2.04. The van der Waals surface area contributed by atoms with Crippen LogP contribution in [0.2, 0.25) is 0 Å². The van der Waals surface area contributed by atoms with Gasteiger partial charge in [-0.2, -0.15) is 0 Å². The van der Waals surface area contributed by atoms with Gasteiger partial charge in [0.25, 0.3) is 0 Å². The molecule has 0 fully saturated rings. The van der Waals surface area contributed by atoms with Crippen molar-refractivity contribution in [3.05, 3.63) is 63.9 Å². The zero-order chi connectivity index (χ0) is 15.4. The van der Waals surface area contributed by atoms with E-state index < -0.39 is 17.3 Å². The molecule has 0 atom stereocenters. The van der Waals surface area contributed by atoms with Crippen LogP contribution in [0.5, 0.6) is 5.75 Å². The van der Waals surface area contributed by atoms with Crippen LogP contribution in [0.25, 0.3) is 6.08 Å². The second kappa shape index (κ2) is 6.32. The molecule has 1 aromatic heterocycles. The summed E-state index contributed by atoms with van der Waals surface area (Å²) in [6.45, 7) is 0. The van der Waals surface area contributed by atoms with Crippen molar-refractivity contribution in [2.24, 2.45) is 0 Å². The first-order valence-electron chi connectivity index (χ1n) is 5.88. The average Bonchev–Trinajstić information content (AvgIpc) is 2.46. The summed E-state index contributed by atoms with van der Waals surface area (Å²) in [5, 5.41) is 18.9. The van der Waals surface area contributed by atoms with Crippen molar-refractivity contribution in [1.82, 2.24) is 4.98 Å². The molecule has 0 aliphatic heterocycles. The van der Waals surface area contributed by atoms with Gasteiger partial charge >= 0.3 is 5.97 Å². The van der Waals surface area contributed by atoms with Crippen LogP contribution < -0.4 is 0 Å². The normalized spacial score (nSPS) is 11.2. The molecule has 0 spiro atoms. The predicted octanol–water partition coefficient (Wildman–Crippen LogP) is 2.90. The summed E-state index contributed by atoms with van der Waals surface area (Å²) >= 11 is 3.22. The number of carboxylic acid groups (broad SMARTS) is 1. The van der Waals surface area contributed by atoms with Crippen molar-refractivity contribution in [3.63, 3.8) is 0 Å². The molecule has 2 aromatic rings. The van der Waals surface area contributed by atoms with Gasteiger partial charge in [0.2, 0.25) is 5.78 Å². The van der Waals surface area contributed by atoms with Crippen LogP contribution in [0.15, 0.2) is 52.6 Å². The third-order valence-corrected chi connectivity index (χ3v) is 3.14. The van der Waals surface area contributed by atoms with Gasteiger partial charge in [-0.05, 0) is 46.3 Å². The van der Waals surface area contributed by atoms with Crippen LogP contribution in [0.3, 0.4) is 0 Å². The largest absolute Gasteiger partial charge is 0.507 e. The number of hydrogen-bond acceptors (Lipinski definition) is 4. The Morgan fingerprint density at radius 1 is 1.14 bits per heavy atom. The topological polar surface area (TPSA) is 87.5 Å². The SMILES string of the molecule is O=C(O)/C(=C/c1ccc(Br)cn1)C(=O)c1ccccc1O. The lowest BCUT2D eigenvalue weighted by molar-refractivity contribution is -0.132. The third kappa shape index (κ3) is 3.55. The van der Waals surface area contributed by atoms with Gasteiger partial charge in [-0.3, -0.25) is 9.78 Å². The zero-order valence-electron chi connectivity index (χ0n) is 10.7. The number of para-hydroxylation sites is 1. The third-order valence-electron chi connectivity index (χ3n) is 2.67. The van der Waals surface area contributed by atoms with E-state index in [1.54, 1.807) is 24.3 Å². The highest BCUT2D eigenvalue weighted by Gasteiger charge is 2.21. The fourth-order valence-corrected chi connectivity index (χ4v) is 1.89. The van der Waals surface area contributed by atoms with Crippen molar-refractivity contribution >= 4 is 33.8 Å². The molecule has 2 N–H and O–H groups in total. The number of phenols is 1. The van der Waals surface area contributed by atoms with E-state index in [9.17, 15) is 19.8 Å². The van der Waals surface area contributed by atoms with Crippen LogP contribution in [-0.4, -0.2) is 26.9 Å². The smallest absolute Gasteiger partial charge is 0.339 e. The fraction of sp³-hybridized carbons (Fsp3) is 0. The van der Waals surface area contributed by atoms with E-state index in [1.165, 1.54) is 24.4 Å². The highest BCUT2D eigenvalue weighted by atomic mass is 79.9. The standard InChI is InChI=1S/C15H10BrNO4/c16-9-5-6-10(17-8-9)7-12(15(20)21)14(19)11-3-1-2-4-13(11)18/h1-8,18H,(H,20,21)/b12-7+. The minimum atomic E-state index is -1.38. The number of nitrogens with zero attached hydrogens (tertiary/aromatic N) is 1. The minimum absolute atomic E-state index is 0.0664. The number of halogens is 1. The van der Waals surface area contributed by atoms with Gasteiger partial charge < -0.3 is 10.2 Å². The Balaban J connectivity index is 2.44. The number of carboxylic acids is 1. The number of aromatic hydroxyl groups is 1. The number of pyridine rings is 1. The second-order valence-corrected chi connectivity index (χ2v) is 5.03. The predicted molar refractivity (Wildman–Crippen MR) is 80.0 cm³/mol. The van der Waals surface area contributed by atoms with Gasteiger partial charge in [0.15, 0.2) is 0 Å². The van der Waals surface area contributed by atoms with E-state index in [-0.39, 0.29) is 11.3 Å². The van der Waals surface area contributed by atoms with Crippen LogP contribution in [0, 0.1) is 0 Å². The van der Waals surface area contributed by atoms with E-state index in [4.69, 9.17) is 0 Å². The van der Waals surface area contributed by atoms with Gasteiger partial charge in [0.1, 0.15) is 11.3 Å². The van der Waals surface area contributed by atoms with Gasteiger partial charge in [-0.15, -0.1) is 0 Å². The molecule has 0 bridgehead atoms. The van der Waals surface area contributed by atoms with Crippen LogP contribution in [0.4, 0.5) is 0 Å². The molecular formula is C15H10BrNO4. The lowest BCUT2D eigenvalue weighted by atomic mass is 10.0. The summed E-state index contributed by atoms with van der Waals surface area (Å²) < 4.78 is 0.739. The molecule has 21 heavy (non-hydrogen) atoms. The molecule has 2 rings (SSSR count). The molecule has 0 unspecified atom stereocenters. The maximum absolute atomic E-state index is 12.2. The van der Waals surface area contributed by atoms with E-state index in [2.05, 4.69) is 20.9 Å². The molecule has 0 aliphatic rings. The van der Waals surface area contributed by atoms with Gasteiger partial charge in [0.05, 0.1) is 11.3 Å². The number of carbonyl (C=O) groups is 2. The van der Waals surface area contributed by atoms with Gasteiger partial charge in [-0.1, -0.05) is 12.1 Å². The summed E-state index contributed by atoms with van der Waals surface area (Å²) in [7, 11) is 0. The summed E-state index contributed by atoms with van der Waals surface area (Å²) in [5.74, 6) is -2.42. The van der Waals surface area contributed by atoms with Crippen molar-refractivity contribution < 1.29 is 19.8 Å². The van der Waals surface area contributed by atoms with E-state index in [0.29, 0.717) is 5.69 Å². The molecule has 0 radical (unpaired) electrons. The zero-order valence-corrected chi connectivity index (χ0v) is 12.2. The number of ketones is 1. The average molecular weight is 348 g/mol. The van der Waals surface area contributed by atoms with Crippen LogP contribution >= 0.6 is 15.9 Å². The maximum atomic E-state index is 12.2. The number of aliphatic carboxylic acids is 1. The first kappa shape index (κ1) is 14.9. The minimum Gasteiger partial charge on any atom is -0.507 e.